The van der Waals surface area contributed by atoms with Crippen LogP contribution in [-0.2, 0) is 0 Å². The van der Waals surface area contributed by atoms with E-state index in [1.165, 1.54) is 11.3 Å². The molecule has 0 radical (unpaired) electrons. The van der Waals surface area contributed by atoms with E-state index < -0.39 is 0 Å². The molecular formula is C32H31Cl2N5O2S. The predicted molar refractivity (Wildman–Crippen MR) is 173 cm³/mol. The highest BCUT2D eigenvalue weighted by Gasteiger charge is 2.36. The molecule has 0 aliphatic carbocycles. The van der Waals surface area contributed by atoms with Gasteiger partial charge in [-0.15, -0.1) is 11.3 Å². The van der Waals surface area contributed by atoms with Crippen LogP contribution in [0.2, 0.25) is 10.0 Å². The molecule has 2 saturated heterocycles. The zero-order chi connectivity index (χ0) is 29.5. The number of benzene rings is 2. The SMILES string of the molecule is CNc1ccc(Cl)c(-n2c(C=C(C)C)c(C(=O)N3C[C@H]4CC[C@@H](C3)N4)cc(-c3nc(-c4ccc(Cl)cc4)cs3)c2=O)c1. The van der Waals surface area contributed by atoms with Crippen LogP contribution in [0.5, 0.6) is 0 Å². The number of pyridine rings is 1. The van der Waals surface area contributed by atoms with E-state index in [2.05, 4.69) is 10.6 Å². The standard InChI is InChI=1S/C32H31Cl2N5O2S/c1-18(2)12-28-24(31(40)38-15-22-8-9-23(16-38)36-22)14-25(30-37-27(17-42-30)19-4-6-20(33)7-5-19)32(41)39(28)29-13-21(35-3)10-11-26(29)34/h4-7,10-14,17,22-23,35-36H,8-9,15-16H2,1-3H3/t22-,23+. The molecule has 216 valence electrons. The minimum absolute atomic E-state index is 0.105. The maximum Gasteiger partial charge on any atom is 0.265 e. The van der Waals surface area contributed by atoms with Gasteiger partial charge in [-0.25, -0.2) is 4.98 Å². The summed E-state index contributed by atoms with van der Waals surface area (Å²) < 4.78 is 1.57. The lowest BCUT2D eigenvalue weighted by Crippen LogP contribution is -2.53. The van der Waals surface area contributed by atoms with Gasteiger partial charge in [-0.1, -0.05) is 40.9 Å². The highest BCUT2D eigenvalue weighted by molar-refractivity contribution is 7.13. The molecule has 2 N–H and O–H groups in total. The van der Waals surface area contributed by atoms with E-state index in [0.29, 0.717) is 50.7 Å². The van der Waals surface area contributed by atoms with E-state index in [0.717, 1.165) is 35.4 Å². The summed E-state index contributed by atoms with van der Waals surface area (Å²) in [4.78, 5) is 35.5. The van der Waals surface area contributed by atoms with Crippen molar-refractivity contribution in [1.29, 1.82) is 0 Å². The molecule has 0 saturated carbocycles. The molecule has 7 nitrogen and oxygen atoms in total. The normalized spacial score (nSPS) is 17.8. The second-order valence-corrected chi connectivity index (χ2v) is 12.7. The Hall–Kier alpha value is -3.43. The number of amides is 1. The number of hydrogen-bond acceptors (Lipinski definition) is 6. The average Bonchev–Trinajstić information content (AvgIpc) is 3.59. The van der Waals surface area contributed by atoms with E-state index in [1.54, 1.807) is 16.7 Å². The lowest BCUT2D eigenvalue weighted by atomic mass is 10.0. The monoisotopic (exact) mass is 619 g/mol. The molecule has 2 aromatic carbocycles. The molecule has 10 heteroatoms. The van der Waals surface area contributed by atoms with Crippen LogP contribution in [0.15, 0.2) is 64.3 Å². The van der Waals surface area contributed by atoms with E-state index >= 15 is 0 Å². The Morgan fingerprint density at radius 1 is 1.07 bits per heavy atom. The molecule has 2 aliphatic heterocycles. The largest absolute Gasteiger partial charge is 0.388 e. The predicted octanol–water partition coefficient (Wildman–Crippen LogP) is 6.98. The fourth-order valence-electron chi connectivity index (χ4n) is 5.73. The highest BCUT2D eigenvalue weighted by Crippen LogP contribution is 2.33. The Bertz CT molecular complexity index is 1750. The van der Waals surface area contributed by atoms with Gasteiger partial charge in [0, 0.05) is 53.9 Å². The molecule has 2 aromatic heterocycles. The molecule has 2 aliphatic rings. The molecule has 6 rings (SSSR count). The third-order valence-corrected chi connectivity index (χ3v) is 9.20. The number of fused-ring (bicyclic) bond motifs is 2. The number of carbonyl (C=O) groups is 1. The number of piperazine rings is 1. The van der Waals surface area contributed by atoms with Crippen molar-refractivity contribution in [2.24, 2.45) is 0 Å². The number of halogens is 2. The summed E-state index contributed by atoms with van der Waals surface area (Å²) in [5, 5.41) is 10.2. The van der Waals surface area contributed by atoms with Crippen LogP contribution in [0.3, 0.4) is 0 Å². The van der Waals surface area contributed by atoms with Gasteiger partial charge in [0.15, 0.2) is 0 Å². The maximum atomic E-state index is 14.4. The lowest BCUT2D eigenvalue weighted by Gasteiger charge is -2.33. The fraction of sp³-hybridized carbons (Fsp3) is 0.281. The summed E-state index contributed by atoms with van der Waals surface area (Å²) in [5.74, 6) is -0.105. The molecule has 4 heterocycles. The van der Waals surface area contributed by atoms with Gasteiger partial charge < -0.3 is 15.5 Å². The van der Waals surface area contributed by atoms with E-state index in [9.17, 15) is 9.59 Å². The van der Waals surface area contributed by atoms with E-state index in [1.807, 2.05) is 73.6 Å². The number of nitrogens with one attached hydrogen (secondary N) is 2. The van der Waals surface area contributed by atoms with Gasteiger partial charge in [0.25, 0.3) is 11.5 Å². The van der Waals surface area contributed by atoms with Gasteiger partial charge in [0.1, 0.15) is 5.01 Å². The van der Waals surface area contributed by atoms with Crippen LogP contribution < -0.4 is 16.2 Å². The van der Waals surface area contributed by atoms with Gasteiger partial charge in [-0.05, 0) is 69.2 Å². The summed E-state index contributed by atoms with van der Waals surface area (Å²) in [6.45, 7) is 5.16. The number of nitrogens with zero attached hydrogens (tertiary/aromatic N) is 3. The third-order valence-electron chi connectivity index (χ3n) is 7.75. The third kappa shape index (κ3) is 5.52. The Morgan fingerprint density at radius 3 is 2.45 bits per heavy atom. The Morgan fingerprint density at radius 2 is 1.79 bits per heavy atom. The van der Waals surface area contributed by atoms with E-state index in [4.69, 9.17) is 28.2 Å². The second-order valence-electron chi connectivity index (χ2n) is 11.0. The number of hydrogen-bond donors (Lipinski definition) is 2. The smallest absolute Gasteiger partial charge is 0.265 e. The molecular weight excluding hydrogens is 589 g/mol. The number of allylic oxidation sites excluding steroid dienone is 1. The zero-order valence-corrected chi connectivity index (χ0v) is 25.9. The molecule has 0 spiro atoms. The molecule has 1 amide bonds. The molecule has 2 bridgehead atoms. The van der Waals surface area contributed by atoms with Crippen molar-refractivity contribution < 1.29 is 4.79 Å². The van der Waals surface area contributed by atoms with Gasteiger partial charge in [-0.3, -0.25) is 14.2 Å². The molecule has 42 heavy (non-hydrogen) atoms. The summed E-state index contributed by atoms with van der Waals surface area (Å²) in [5.41, 5.74) is 4.85. The van der Waals surface area contributed by atoms with Crippen LogP contribution >= 0.6 is 34.5 Å². The van der Waals surface area contributed by atoms with Crippen molar-refractivity contribution in [3.8, 4) is 27.5 Å². The van der Waals surface area contributed by atoms with Crippen molar-refractivity contribution >= 4 is 52.2 Å². The first-order valence-electron chi connectivity index (χ1n) is 13.9. The minimum atomic E-state index is -0.299. The first-order chi connectivity index (χ1) is 20.2. The number of aromatic nitrogens is 2. The molecule has 2 atom stereocenters. The molecule has 2 fully saturated rings. The Labute approximate surface area is 258 Å². The summed E-state index contributed by atoms with van der Waals surface area (Å²) in [7, 11) is 1.81. The zero-order valence-electron chi connectivity index (χ0n) is 23.6. The summed E-state index contributed by atoms with van der Waals surface area (Å²) in [6.07, 6.45) is 4.00. The average molecular weight is 621 g/mol. The second kappa shape index (κ2) is 11.7. The summed E-state index contributed by atoms with van der Waals surface area (Å²) >= 11 is 14.2. The topological polar surface area (TPSA) is 79.3 Å². The first kappa shape index (κ1) is 28.7. The summed E-state index contributed by atoms with van der Waals surface area (Å²) in [6, 6.07) is 15.1. The number of anilines is 1. The quantitative estimate of drug-likeness (QED) is 0.243. The van der Waals surface area contributed by atoms with Gasteiger partial charge in [0.05, 0.1) is 33.2 Å². The Kier molecular flexibility index (Phi) is 7.98. The first-order valence-corrected chi connectivity index (χ1v) is 15.5. The highest BCUT2D eigenvalue weighted by atomic mass is 35.5. The van der Waals surface area contributed by atoms with Gasteiger partial charge in [0.2, 0.25) is 0 Å². The van der Waals surface area contributed by atoms with Crippen molar-refractivity contribution in [2.75, 3.05) is 25.5 Å². The van der Waals surface area contributed by atoms with Crippen LogP contribution in [0.25, 0.3) is 33.6 Å². The van der Waals surface area contributed by atoms with Crippen LogP contribution in [-0.4, -0.2) is 52.6 Å². The lowest BCUT2D eigenvalue weighted by molar-refractivity contribution is 0.0696. The van der Waals surface area contributed by atoms with Gasteiger partial charge >= 0.3 is 0 Å². The maximum absolute atomic E-state index is 14.4. The van der Waals surface area contributed by atoms with E-state index in [-0.39, 0.29) is 23.6 Å². The van der Waals surface area contributed by atoms with Crippen molar-refractivity contribution in [2.45, 2.75) is 38.8 Å². The van der Waals surface area contributed by atoms with Crippen molar-refractivity contribution in [1.82, 2.24) is 19.8 Å². The fourth-order valence-corrected chi connectivity index (χ4v) is 6.90. The van der Waals surface area contributed by atoms with Crippen molar-refractivity contribution in [3.05, 3.63) is 91.1 Å². The number of thiazole rings is 1. The Balaban J connectivity index is 1.59. The van der Waals surface area contributed by atoms with Gasteiger partial charge in [-0.2, -0.15) is 0 Å². The van der Waals surface area contributed by atoms with Crippen LogP contribution in [0.1, 0.15) is 42.7 Å². The minimum Gasteiger partial charge on any atom is -0.388 e. The number of likely N-dealkylation sites (tertiary alicyclic amines) is 1. The number of carbonyl (C=O) groups excluding carboxylic acids is 1. The van der Waals surface area contributed by atoms with Crippen LogP contribution in [0, 0.1) is 0 Å². The van der Waals surface area contributed by atoms with Crippen LogP contribution in [0.4, 0.5) is 5.69 Å². The number of rotatable bonds is 6. The molecule has 4 aromatic rings. The van der Waals surface area contributed by atoms with Crippen molar-refractivity contribution in [3.63, 3.8) is 0 Å². The molecule has 0 unspecified atom stereocenters.